The summed E-state index contributed by atoms with van der Waals surface area (Å²) >= 11 is 0. The summed E-state index contributed by atoms with van der Waals surface area (Å²) in [6, 6.07) is 0. The summed E-state index contributed by atoms with van der Waals surface area (Å²) in [7, 11) is 0. The van der Waals surface area contributed by atoms with Crippen LogP contribution in [0.2, 0.25) is 0 Å². The number of ether oxygens (including phenoxy) is 12. The van der Waals surface area contributed by atoms with Crippen molar-refractivity contribution in [2.45, 2.75) is 271 Å². The van der Waals surface area contributed by atoms with Crippen LogP contribution in [0.15, 0.2) is 23.8 Å². The average molecular weight is 925 g/mol. The summed E-state index contributed by atoms with van der Waals surface area (Å²) in [6.45, 7) is 16.3. The maximum atomic E-state index is 12.3. The summed E-state index contributed by atoms with van der Waals surface area (Å²) in [5.74, 6) is -0.520. The molecule has 11 aliphatic heterocycles. The van der Waals surface area contributed by atoms with Crippen LogP contribution < -0.4 is 0 Å². The SMILES string of the molecule is CC(=O)O[C@H]1C[C@@H](CCC=O)OC2CC3OC4/C=C\C[C@]5(C)OC6CC7OC8[C@H](C)CC9OC%10CC%11OC(=O)C=C(C)[C@H]%11O[C@@]%10(C)C[C@H]9O[C@H]8CC[C@@]7(C)O[C@@]6(C)C[C@H]5O[C@H]4C[C@H]3O[C@]21C. The quantitative estimate of drug-likeness (QED) is 0.187. The first-order chi connectivity index (χ1) is 31.4. The van der Waals surface area contributed by atoms with Crippen LogP contribution in [0.25, 0.3) is 0 Å². The number of aldehydes is 1. The van der Waals surface area contributed by atoms with Crippen LogP contribution in [-0.2, 0) is 71.2 Å². The van der Waals surface area contributed by atoms with Crippen molar-refractivity contribution in [1.29, 1.82) is 0 Å². The number of hydrogen-bond donors (Lipinski definition) is 0. The van der Waals surface area contributed by atoms with Gasteiger partial charge < -0.3 is 61.6 Å². The molecule has 0 spiro atoms. The molecule has 66 heavy (non-hydrogen) atoms. The van der Waals surface area contributed by atoms with Crippen molar-refractivity contribution in [3.63, 3.8) is 0 Å². The second kappa shape index (κ2) is 16.7. The molecule has 0 amide bonds. The van der Waals surface area contributed by atoms with E-state index in [2.05, 4.69) is 46.8 Å². The Morgan fingerprint density at radius 1 is 0.727 bits per heavy atom. The maximum Gasteiger partial charge on any atom is 0.331 e. The minimum absolute atomic E-state index is 0.121. The van der Waals surface area contributed by atoms with Gasteiger partial charge >= 0.3 is 11.9 Å². The Hall–Kier alpha value is -2.31. The Bertz CT molecular complexity index is 1980. The Morgan fingerprint density at radius 2 is 1.50 bits per heavy atom. The largest absolute Gasteiger partial charge is 0.459 e. The van der Waals surface area contributed by atoms with E-state index < -0.39 is 34.1 Å². The molecule has 11 heterocycles. The molecular formula is C51H72O15. The normalized spacial score (nSPS) is 55.5. The zero-order chi connectivity index (χ0) is 46.1. The zero-order valence-corrected chi connectivity index (χ0v) is 40.0. The molecule has 9 saturated heterocycles. The number of hydrogen-bond acceptors (Lipinski definition) is 15. The van der Waals surface area contributed by atoms with Crippen LogP contribution in [-0.4, -0.2) is 150 Å². The van der Waals surface area contributed by atoms with Crippen LogP contribution in [0.3, 0.4) is 0 Å². The van der Waals surface area contributed by atoms with Crippen molar-refractivity contribution in [1.82, 2.24) is 0 Å². The zero-order valence-electron chi connectivity index (χ0n) is 40.0. The molecule has 0 bridgehead atoms. The maximum absolute atomic E-state index is 12.3. The lowest BCUT2D eigenvalue weighted by Gasteiger charge is -2.61. The summed E-state index contributed by atoms with van der Waals surface area (Å²) in [6.07, 6.45) is 10.6. The van der Waals surface area contributed by atoms with Gasteiger partial charge in [0.15, 0.2) is 0 Å². The minimum atomic E-state index is -0.879. The van der Waals surface area contributed by atoms with Gasteiger partial charge in [0.25, 0.3) is 0 Å². The Balaban J connectivity index is 0.781. The molecule has 0 aromatic heterocycles. The molecule has 0 radical (unpaired) electrons. The van der Waals surface area contributed by atoms with Crippen LogP contribution in [0, 0.1) is 5.92 Å². The molecular weight excluding hydrogens is 853 g/mol. The molecule has 9 unspecified atom stereocenters. The smallest absolute Gasteiger partial charge is 0.331 e. The first kappa shape index (κ1) is 46.1. The number of fused-ring (bicyclic) bond motifs is 10. The fourth-order valence-corrected chi connectivity index (χ4v) is 14.3. The highest BCUT2D eigenvalue weighted by atomic mass is 16.7. The Kier molecular flexibility index (Phi) is 11.6. The number of carbonyl (C=O) groups excluding carboxylic acids is 3. The molecule has 0 N–H and O–H groups in total. The van der Waals surface area contributed by atoms with Crippen molar-refractivity contribution >= 4 is 18.2 Å². The molecule has 0 saturated carbocycles. The first-order valence-electron chi connectivity index (χ1n) is 25.2. The van der Waals surface area contributed by atoms with Gasteiger partial charge in [0.2, 0.25) is 0 Å². The fourth-order valence-electron chi connectivity index (χ4n) is 14.3. The van der Waals surface area contributed by atoms with Gasteiger partial charge in [0, 0.05) is 64.4 Å². The van der Waals surface area contributed by atoms with E-state index in [1.165, 1.54) is 6.92 Å². The summed E-state index contributed by atoms with van der Waals surface area (Å²) < 4.78 is 82.0. The Labute approximate surface area is 388 Å². The molecule has 0 aliphatic carbocycles. The van der Waals surface area contributed by atoms with E-state index in [1.54, 1.807) is 6.08 Å². The summed E-state index contributed by atoms with van der Waals surface area (Å²) in [4.78, 5) is 35.9. The minimum Gasteiger partial charge on any atom is -0.459 e. The van der Waals surface area contributed by atoms with Crippen molar-refractivity contribution in [2.24, 2.45) is 5.92 Å². The second-order valence-corrected chi connectivity index (χ2v) is 23.0. The lowest BCUT2D eigenvalue weighted by molar-refractivity contribution is -0.356. The van der Waals surface area contributed by atoms with Crippen molar-refractivity contribution in [2.75, 3.05) is 0 Å². The first-order valence-corrected chi connectivity index (χ1v) is 25.2. The van der Waals surface area contributed by atoms with Crippen molar-refractivity contribution in [3.8, 4) is 0 Å². The van der Waals surface area contributed by atoms with Gasteiger partial charge in [-0.2, -0.15) is 0 Å². The topological polar surface area (TPSA) is 162 Å². The van der Waals surface area contributed by atoms with Crippen LogP contribution in [0.4, 0.5) is 0 Å². The number of esters is 2. The average Bonchev–Trinajstić information content (AvgIpc) is 3.44. The fraction of sp³-hybridized carbons (Fsp3) is 0.863. The van der Waals surface area contributed by atoms with Crippen molar-refractivity contribution in [3.05, 3.63) is 23.8 Å². The van der Waals surface area contributed by atoms with E-state index in [1.807, 2.05) is 13.8 Å². The Morgan fingerprint density at radius 3 is 2.30 bits per heavy atom. The molecule has 23 atom stereocenters. The number of rotatable bonds is 4. The third-order valence-electron chi connectivity index (χ3n) is 18.0. The van der Waals surface area contributed by atoms with Crippen molar-refractivity contribution < 1.29 is 71.2 Å². The molecule has 11 aliphatic rings. The molecule has 9 fully saturated rings. The highest BCUT2D eigenvalue weighted by Crippen LogP contribution is 2.55. The van der Waals surface area contributed by atoms with E-state index >= 15 is 0 Å². The van der Waals surface area contributed by atoms with E-state index in [-0.39, 0.29) is 116 Å². The van der Waals surface area contributed by atoms with Gasteiger partial charge in [-0.1, -0.05) is 19.1 Å². The molecule has 0 aromatic rings. The molecule has 0 aromatic carbocycles. The molecule has 15 nitrogen and oxygen atoms in total. The predicted molar refractivity (Wildman–Crippen MR) is 233 cm³/mol. The lowest BCUT2D eigenvalue weighted by Crippen LogP contribution is -2.70. The van der Waals surface area contributed by atoms with Crippen LogP contribution in [0.5, 0.6) is 0 Å². The van der Waals surface area contributed by atoms with Gasteiger partial charge in [-0.15, -0.1) is 0 Å². The monoisotopic (exact) mass is 924 g/mol. The van der Waals surface area contributed by atoms with E-state index in [4.69, 9.17) is 56.8 Å². The molecule has 15 heteroatoms. The van der Waals surface area contributed by atoms with Gasteiger partial charge in [-0.25, -0.2) is 4.79 Å². The van der Waals surface area contributed by atoms with E-state index in [0.29, 0.717) is 64.2 Å². The van der Waals surface area contributed by atoms with Gasteiger partial charge in [0.1, 0.15) is 36.3 Å². The predicted octanol–water partition coefficient (Wildman–Crippen LogP) is 5.88. The molecule has 11 rings (SSSR count). The summed E-state index contributed by atoms with van der Waals surface area (Å²) in [5, 5.41) is 0. The lowest BCUT2D eigenvalue weighted by atomic mass is 9.72. The third kappa shape index (κ3) is 7.89. The number of carbonyl (C=O) groups is 3. The second-order valence-electron chi connectivity index (χ2n) is 23.0. The van der Waals surface area contributed by atoms with E-state index in [0.717, 1.165) is 31.1 Å². The van der Waals surface area contributed by atoms with Gasteiger partial charge in [-0.3, -0.25) is 4.79 Å². The molecule has 366 valence electrons. The highest BCUT2D eigenvalue weighted by molar-refractivity contribution is 5.84. The summed E-state index contributed by atoms with van der Waals surface area (Å²) in [5.41, 5.74) is -2.42. The highest BCUT2D eigenvalue weighted by Gasteiger charge is 2.64. The standard InChI is InChI=1S/C51H72O15/c1-26-17-32-37(24-49(6)38(59-32)22-36-46(65-49)27(2)18-44(54)61-36)58-31-13-15-48(5)39(62-45(26)31)23-40-50(7,66-48)25-43-47(4,64-40)14-9-12-30-33(60-43)20-35-34(57-30)21-42-51(8,63-35)41(55-28(3)53)19-29(56-42)11-10-16-52/h9,12,16,18,26,29-43,45-46H,10-11,13-15,17,19-25H2,1-8H3/b12-9-/t26-,29-,30?,31+,32?,33+,34?,35-,36?,37-,38?,39?,40?,41+,42?,43-,45?,46-,47+,48-,49+,50+,51+/m1/s1. The van der Waals surface area contributed by atoms with Crippen LogP contribution in [0.1, 0.15) is 139 Å². The van der Waals surface area contributed by atoms with E-state index in [9.17, 15) is 14.4 Å². The third-order valence-corrected chi connectivity index (χ3v) is 18.0. The van der Waals surface area contributed by atoms with Gasteiger partial charge in [0.05, 0.1) is 102 Å². The van der Waals surface area contributed by atoms with Gasteiger partial charge in [-0.05, 0) is 85.1 Å². The van der Waals surface area contributed by atoms with Crippen LogP contribution >= 0.6 is 0 Å².